The van der Waals surface area contributed by atoms with Gasteiger partial charge >= 0.3 is 5.97 Å². The summed E-state index contributed by atoms with van der Waals surface area (Å²) in [7, 11) is 1.48. The molecule has 1 aliphatic carbocycles. The number of hydrogen-bond acceptors (Lipinski definition) is 6. The molecule has 1 fully saturated rings. The molecule has 0 aliphatic heterocycles. The number of aromatic nitrogens is 5. The number of aliphatic carboxylic acids is 1. The van der Waals surface area contributed by atoms with Gasteiger partial charge in [0, 0.05) is 17.2 Å². The van der Waals surface area contributed by atoms with Gasteiger partial charge in [-0.1, -0.05) is 12.8 Å². The number of H-pyrrole nitrogens is 1. The lowest BCUT2D eigenvalue weighted by molar-refractivity contribution is -0.130. The van der Waals surface area contributed by atoms with Gasteiger partial charge in [0.05, 0.1) is 30.6 Å². The van der Waals surface area contributed by atoms with E-state index >= 15 is 0 Å². The molecule has 3 unspecified atom stereocenters. The number of carboxylic acid groups (broad SMARTS) is 1. The fourth-order valence-electron chi connectivity index (χ4n) is 4.20. The molecule has 33 heavy (non-hydrogen) atoms. The summed E-state index contributed by atoms with van der Waals surface area (Å²) < 4.78 is 7.93. The van der Waals surface area contributed by atoms with Crippen LogP contribution in [0.2, 0.25) is 0 Å². The van der Waals surface area contributed by atoms with E-state index in [2.05, 4.69) is 34.0 Å². The summed E-state index contributed by atoms with van der Waals surface area (Å²) >= 11 is 6.63. The van der Waals surface area contributed by atoms with E-state index in [1.807, 2.05) is 0 Å². The first-order valence-corrected chi connectivity index (χ1v) is 10.9. The molecule has 0 bridgehead atoms. The number of methoxy groups -OCH3 is 1. The van der Waals surface area contributed by atoms with Gasteiger partial charge in [0.2, 0.25) is 0 Å². The quantitative estimate of drug-likeness (QED) is 0.194. The average molecular weight is 471 g/mol. The van der Waals surface area contributed by atoms with E-state index in [-0.39, 0.29) is 28.2 Å². The molecule has 3 aromatic heterocycles. The standard InChI is InChI=1S/C22H23ClN6O4/c1-12-4-6-17(23)16(8-12)20-26-21-19(13(2)30)15(5-7-18(31)32)22(29(21)27-20)28-10-14(9-25-28)24-11-33-3/h9-12,16-17H,4,6,8H2,1-3H3,(H,26,27)(H,31,32). The van der Waals surface area contributed by atoms with Gasteiger partial charge in [-0.15, -0.1) is 11.6 Å². The van der Waals surface area contributed by atoms with Crippen molar-refractivity contribution >= 4 is 41.1 Å². The zero-order chi connectivity index (χ0) is 23.7. The minimum absolute atomic E-state index is 0.00369. The van der Waals surface area contributed by atoms with Crippen LogP contribution in [0.1, 0.15) is 60.8 Å². The normalized spacial score (nSPS) is 20.7. The van der Waals surface area contributed by atoms with E-state index in [0.717, 1.165) is 19.3 Å². The van der Waals surface area contributed by atoms with E-state index in [9.17, 15) is 9.59 Å². The Hall–Kier alpha value is -3.58. The van der Waals surface area contributed by atoms with Crippen molar-refractivity contribution < 1.29 is 19.4 Å². The van der Waals surface area contributed by atoms with Crippen molar-refractivity contribution in [3.05, 3.63) is 29.3 Å². The van der Waals surface area contributed by atoms with E-state index < -0.39 is 5.97 Å². The van der Waals surface area contributed by atoms with Gasteiger partial charge in [-0.25, -0.2) is 24.0 Å². The maximum absolute atomic E-state index is 12.6. The molecule has 0 spiro atoms. The second-order valence-electron chi connectivity index (χ2n) is 8.11. The van der Waals surface area contributed by atoms with Gasteiger partial charge < -0.3 is 9.84 Å². The van der Waals surface area contributed by atoms with Crippen LogP contribution in [0.5, 0.6) is 0 Å². The van der Waals surface area contributed by atoms with Gasteiger partial charge in [0.1, 0.15) is 11.5 Å². The third kappa shape index (κ3) is 4.36. The highest BCUT2D eigenvalue weighted by molar-refractivity contribution is 6.21. The molecule has 0 saturated heterocycles. The van der Waals surface area contributed by atoms with Gasteiger partial charge in [-0.2, -0.15) is 5.10 Å². The maximum atomic E-state index is 12.6. The summed E-state index contributed by atoms with van der Waals surface area (Å²) in [6.45, 7) is 3.58. The van der Waals surface area contributed by atoms with Gasteiger partial charge in [-0.3, -0.25) is 9.89 Å². The predicted molar refractivity (Wildman–Crippen MR) is 122 cm³/mol. The number of Topliss-reactive ketones (excluding diaryl/α,β-unsaturated/α-hetero) is 1. The molecule has 11 heteroatoms. The number of ether oxygens (including phenoxy) is 1. The Balaban J connectivity index is 1.95. The molecular formula is C22H23ClN6O4. The number of carboxylic acids is 1. The molecule has 4 rings (SSSR count). The minimum Gasteiger partial charge on any atom is -0.486 e. The summed E-state index contributed by atoms with van der Waals surface area (Å²) in [6, 6.07) is 0. The fraction of sp³-hybridized carbons (Fsp3) is 0.409. The first-order valence-electron chi connectivity index (χ1n) is 10.4. The van der Waals surface area contributed by atoms with Crippen LogP contribution >= 0.6 is 11.6 Å². The summed E-state index contributed by atoms with van der Waals surface area (Å²) in [6.07, 6.45) is 7.19. The van der Waals surface area contributed by atoms with Crippen LogP contribution in [-0.4, -0.2) is 60.1 Å². The highest BCUT2D eigenvalue weighted by Crippen LogP contribution is 2.39. The van der Waals surface area contributed by atoms with Crippen LogP contribution in [-0.2, 0) is 9.53 Å². The Labute approximate surface area is 194 Å². The summed E-state index contributed by atoms with van der Waals surface area (Å²) in [5.74, 6) is 4.62. The number of hydrogen-bond donors (Lipinski definition) is 2. The number of nitrogens with zero attached hydrogens (tertiary/aromatic N) is 5. The molecule has 3 heterocycles. The van der Waals surface area contributed by atoms with Crippen LogP contribution < -0.4 is 0 Å². The van der Waals surface area contributed by atoms with E-state index in [0.29, 0.717) is 28.9 Å². The predicted octanol–water partition coefficient (Wildman–Crippen LogP) is 3.30. The lowest BCUT2D eigenvalue weighted by Gasteiger charge is -2.29. The molecule has 1 aliphatic rings. The van der Waals surface area contributed by atoms with Crippen molar-refractivity contribution in [1.29, 1.82) is 0 Å². The number of aliphatic imine (C=N–C) groups is 1. The zero-order valence-corrected chi connectivity index (χ0v) is 19.1. The molecule has 3 atom stereocenters. The van der Waals surface area contributed by atoms with Crippen LogP contribution in [0, 0.1) is 17.8 Å². The lowest BCUT2D eigenvalue weighted by atomic mass is 9.81. The Morgan fingerprint density at radius 1 is 1.42 bits per heavy atom. The van der Waals surface area contributed by atoms with Crippen molar-refractivity contribution in [1.82, 2.24) is 24.4 Å². The Morgan fingerprint density at radius 2 is 2.21 bits per heavy atom. The molecule has 1 saturated carbocycles. The SMILES string of the molecule is COC=Nc1cnn(-c2c(C#CC(=O)O)c(C(C)=O)c3nc(C4CC(C)CCC4Cl)[nH]n23)c1. The number of nitrogens with one attached hydrogen (secondary N) is 1. The second-order valence-corrected chi connectivity index (χ2v) is 8.67. The van der Waals surface area contributed by atoms with Crippen molar-refractivity contribution in [2.75, 3.05) is 7.11 Å². The van der Waals surface area contributed by atoms with Crippen molar-refractivity contribution in [3.8, 4) is 17.7 Å². The largest absolute Gasteiger partial charge is 0.486 e. The van der Waals surface area contributed by atoms with E-state index in [4.69, 9.17) is 26.4 Å². The third-order valence-electron chi connectivity index (χ3n) is 5.69. The fourth-order valence-corrected chi connectivity index (χ4v) is 4.55. The van der Waals surface area contributed by atoms with Crippen molar-refractivity contribution in [3.63, 3.8) is 0 Å². The minimum atomic E-state index is -1.31. The Kier molecular flexibility index (Phi) is 6.24. The van der Waals surface area contributed by atoms with Crippen LogP contribution in [0.15, 0.2) is 17.4 Å². The zero-order valence-electron chi connectivity index (χ0n) is 18.4. The first kappa shape index (κ1) is 22.6. The summed E-state index contributed by atoms with van der Waals surface area (Å²) in [5.41, 5.74) is 1.27. The Morgan fingerprint density at radius 3 is 2.91 bits per heavy atom. The molecule has 3 aromatic rings. The highest BCUT2D eigenvalue weighted by Gasteiger charge is 2.33. The topological polar surface area (TPSA) is 127 Å². The number of halogens is 1. The van der Waals surface area contributed by atoms with Crippen molar-refractivity contribution in [2.45, 2.75) is 44.4 Å². The monoisotopic (exact) mass is 470 g/mol. The molecular weight excluding hydrogens is 448 g/mol. The first-order chi connectivity index (χ1) is 15.8. The number of alkyl halides is 1. The highest BCUT2D eigenvalue weighted by atomic mass is 35.5. The molecule has 0 radical (unpaired) electrons. The number of ketones is 1. The smallest absolute Gasteiger partial charge is 0.382 e. The summed E-state index contributed by atoms with van der Waals surface area (Å²) in [5, 5.41) is 16.6. The van der Waals surface area contributed by atoms with Crippen LogP contribution in [0.3, 0.4) is 0 Å². The van der Waals surface area contributed by atoms with Crippen molar-refractivity contribution in [2.24, 2.45) is 10.9 Å². The van der Waals surface area contributed by atoms with Crippen LogP contribution in [0.4, 0.5) is 5.69 Å². The maximum Gasteiger partial charge on any atom is 0.382 e. The molecule has 2 N–H and O–H groups in total. The number of carbonyl (C=O) groups is 2. The summed E-state index contributed by atoms with van der Waals surface area (Å²) in [4.78, 5) is 32.6. The van der Waals surface area contributed by atoms with Gasteiger partial charge in [-0.05, 0) is 32.1 Å². The molecule has 0 aromatic carbocycles. The van der Waals surface area contributed by atoms with E-state index in [1.165, 1.54) is 31.3 Å². The van der Waals surface area contributed by atoms with E-state index in [1.54, 1.807) is 10.7 Å². The Bertz CT molecular complexity index is 1310. The third-order valence-corrected chi connectivity index (χ3v) is 6.21. The average Bonchev–Trinajstić information content (AvgIpc) is 3.45. The second kappa shape index (κ2) is 9.11. The molecule has 172 valence electrons. The molecule has 10 nitrogen and oxygen atoms in total. The number of fused-ring (bicyclic) bond motifs is 1. The van der Waals surface area contributed by atoms with Gasteiger partial charge in [0.25, 0.3) is 0 Å². The molecule has 0 amide bonds. The number of carbonyl (C=O) groups excluding carboxylic acids is 1. The van der Waals surface area contributed by atoms with Gasteiger partial charge in [0.15, 0.2) is 23.6 Å². The lowest BCUT2D eigenvalue weighted by Crippen LogP contribution is -2.23. The number of rotatable bonds is 5. The number of aromatic amines is 1. The van der Waals surface area contributed by atoms with Crippen LogP contribution in [0.25, 0.3) is 11.5 Å².